The minimum atomic E-state index is -3.76. The van der Waals surface area contributed by atoms with Crippen LogP contribution in [0.15, 0.2) is 53.4 Å². The van der Waals surface area contributed by atoms with Gasteiger partial charge in [0.15, 0.2) is 5.11 Å². The molecule has 2 aromatic carbocycles. The third kappa shape index (κ3) is 6.91. The van der Waals surface area contributed by atoms with Crippen molar-refractivity contribution in [3.05, 3.63) is 54.1 Å². The van der Waals surface area contributed by atoms with Crippen LogP contribution in [-0.2, 0) is 10.0 Å². The lowest BCUT2D eigenvalue weighted by molar-refractivity contribution is 0.0977. The summed E-state index contributed by atoms with van der Waals surface area (Å²) in [6.07, 6.45) is 0.925. The predicted molar refractivity (Wildman–Crippen MR) is 113 cm³/mol. The van der Waals surface area contributed by atoms with Gasteiger partial charge in [0, 0.05) is 11.3 Å². The van der Waals surface area contributed by atoms with E-state index in [-0.39, 0.29) is 15.9 Å². The van der Waals surface area contributed by atoms with E-state index < -0.39 is 10.0 Å². The molecule has 0 radical (unpaired) electrons. The van der Waals surface area contributed by atoms with E-state index in [0.29, 0.717) is 29.5 Å². The molecule has 9 heteroatoms. The van der Waals surface area contributed by atoms with E-state index in [1.807, 2.05) is 0 Å². The maximum absolute atomic E-state index is 12.4. The van der Waals surface area contributed by atoms with Crippen molar-refractivity contribution in [2.45, 2.75) is 25.2 Å². The molecule has 0 saturated heterocycles. The number of amides is 1. The van der Waals surface area contributed by atoms with E-state index in [1.165, 1.54) is 24.3 Å². The zero-order chi connectivity index (χ0) is 20.7. The highest BCUT2D eigenvalue weighted by Crippen LogP contribution is 2.15. The first-order valence-electron chi connectivity index (χ1n) is 8.63. The number of carbonyl (C=O) groups is 1. The molecule has 0 fully saturated rings. The van der Waals surface area contributed by atoms with Crippen LogP contribution in [-0.4, -0.2) is 26.0 Å². The first-order chi connectivity index (χ1) is 13.1. The Morgan fingerprint density at radius 3 is 2.46 bits per heavy atom. The van der Waals surface area contributed by atoms with E-state index in [4.69, 9.17) is 22.1 Å². The van der Waals surface area contributed by atoms with Crippen LogP contribution in [0.1, 0.15) is 30.6 Å². The largest absolute Gasteiger partial charge is 0.494 e. The number of thiocarbonyl (C=S) groups is 1. The van der Waals surface area contributed by atoms with E-state index in [2.05, 4.69) is 24.5 Å². The number of hydrogen-bond acceptors (Lipinski definition) is 5. The molecule has 0 aromatic heterocycles. The second kappa shape index (κ2) is 9.63. The first-order valence-corrected chi connectivity index (χ1v) is 10.6. The number of sulfonamides is 1. The van der Waals surface area contributed by atoms with Gasteiger partial charge in [-0.25, -0.2) is 13.6 Å². The van der Waals surface area contributed by atoms with Gasteiger partial charge in [0.05, 0.1) is 11.5 Å². The lowest BCUT2D eigenvalue weighted by atomic mass is 10.1. The van der Waals surface area contributed by atoms with Gasteiger partial charge in [-0.1, -0.05) is 19.9 Å². The summed E-state index contributed by atoms with van der Waals surface area (Å²) in [6.45, 7) is 4.81. The average Bonchev–Trinajstić information content (AvgIpc) is 2.61. The van der Waals surface area contributed by atoms with Gasteiger partial charge < -0.3 is 10.1 Å². The second-order valence-corrected chi connectivity index (χ2v) is 8.51. The molecule has 0 atom stereocenters. The molecule has 28 heavy (non-hydrogen) atoms. The van der Waals surface area contributed by atoms with Gasteiger partial charge in [-0.15, -0.1) is 0 Å². The minimum Gasteiger partial charge on any atom is -0.494 e. The quantitative estimate of drug-likeness (QED) is 0.593. The Kier molecular flexibility index (Phi) is 7.50. The molecule has 0 aliphatic carbocycles. The fraction of sp³-hybridized carbons (Fsp3) is 0.263. The maximum atomic E-state index is 12.4. The van der Waals surface area contributed by atoms with Gasteiger partial charge >= 0.3 is 0 Å². The molecule has 7 nitrogen and oxygen atoms in total. The predicted octanol–water partition coefficient (Wildman–Crippen LogP) is 2.89. The molecule has 0 bridgehead atoms. The Hall–Kier alpha value is -2.49. The van der Waals surface area contributed by atoms with Crippen LogP contribution >= 0.6 is 12.2 Å². The van der Waals surface area contributed by atoms with Gasteiger partial charge in [0.2, 0.25) is 10.0 Å². The Balaban J connectivity index is 1.94. The average molecular weight is 422 g/mol. The van der Waals surface area contributed by atoms with Crippen molar-refractivity contribution in [3.8, 4) is 5.75 Å². The topological polar surface area (TPSA) is 111 Å². The standard InChI is InChI=1S/C19H23N3O4S2/c1-13(2)10-11-26-16-5-3-4-14(12-16)18(23)22-19(27)21-15-6-8-17(9-7-15)28(20,24)25/h3-9,12-13H,10-11H2,1-2H3,(H2,20,24,25)(H2,21,22,23,27). The molecular formula is C19H23N3O4S2. The molecule has 0 heterocycles. The number of anilines is 1. The van der Waals surface area contributed by atoms with E-state index in [0.717, 1.165) is 6.42 Å². The highest BCUT2D eigenvalue weighted by molar-refractivity contribution is 7.89. The number of carbonyl (C=O) groups excluding carboxylic acids is 1. The Morgan fingerprint density at radius 1 is 1.18 bits per heavy atom. The zero-order valence-corrected chi connectivity index (χ0v) is 17.3. The summed E-state index contributed by atoms with van der Waals surface area (Å²) in [5.41, 5.74) is 0.930. The molecule has 2 aromatic rings. The van der Waals surface area contributed by atoms with Crippen molar-refractivity contribution in [3.63, 3.8) is 0 Å². The van der Waals surface area contributed by atoms with Gasteiger partial charge in [-0.2, -0.15) is 0 Å². The second-order valence-electron chi connectivity index (χ2n) is 6.54. The summed E-state index contributed by atoms with van der Waals surface area (Å²) in [7, 11) is -3.76. The molecular weight excluding hydrogens is 398 g/mol. The van der Waals surface area contributed by atoms with Gasteiger partial charge in [-0.3, -0.25) is 10.1 Å². The maximum Gasteiger partial charge on any atom is 0.257 e. The van der Waals surface area contributed by atoms with Crippen LogP contribution in [0.3, 0.4) is 0 Å². The van der Waals surface area contributed by atoms with Crippen molar-refractivity contribution >= 4 is 38.9 Å². The third-order valence-electron chi connectivity index (χ3n) is 3.73. The highest BCUT2D eigenvalue weighted by atomic mass is 32.2. The van der Waals surface area contributed by atoms with Crippen molar-refractivity contribution < 1.29 is 17.9 Å². The fourth-order valence-corrected chi connectivity index (χ4v) is 2.93. The summed E-state index contributed by atoms with van der Waals surface area (Å²) in [5.74, 6) is 0.771. The minimum absolute atomic E-state index is 0.0118. The van der Waals surface area contributed by atoms with Gasteiger partial charge in [0.25, 0.3) is 5.91 Å². The van der Waals surface area contributed by atoms with Crippen molar-refractivity contribution in [2.75, 3.05) is 11.9 Å². The number of ether oxygens (including phenoxy) is 1. The molecule has 0 aliphatic rings. The monoisotopic (exact) mass is 421 g/mol. The summed E-state index contributed by atoms with van der Waals surface area (Å²) in [4.78, 5) is 12.4. The number of benzene rings is 2. The summed E-state index contributed by atoms with van der Waals surface area (Å²) in [6, 6.07) is 12.5. The lowest BCUT2D eigenvalue weighted by Gasteiger charge is -2.11. The SMILES string of the molecule is CC(C)CCOc1cccc(C(=O)NC(=S)Nc2ccc(S(N)(=O)=O)cc2)c1. The van der Waals surface area contributed by atoms with Gasteiger partial charge in [-0.05, 0) is 67.0 Å². The fourth-order valence-electron chi connectivity index (χ4n) is 2.21. The number of rotatable bonds is 7. The van der Waals surface area contributed by atoms with Crippen LogP contribution in [0.25, 0.3) is 0 Å². The van der Waals surface area contributed by atoms with Crippen LogP contribution in [0, 0.1) is 5.92 Å². The smallest absolute Gasteiger partial charge is 0.257 e. The lowest BCUT2D eigenvalue weighted by Crippen LogP contribution is -2.34. The number of nitrogens with two attached hydrogens (primary N) is 1. The summed E-state index contributed by atoms with van der Waals surface area (Å²) >= 11 is 5.13. The summed E-state index contributed by atoms with van der Waals surface area (Å²) in [5, 5.41) is 10.5. The number of nitrogens with one attached hydrogen (secondary N) is 2. The Labute approximate surface area is 170 Å². The number of primary sulfonamides is 1. The molecule has 150 valence electrons. The van der Waals surface area contributed by atoms with E-state index in [1.54, 1.807) is 24.3 Å². The van der Waals surface area contributed by atoms with E-state index in [9.17, 15) is 13.2 Å². The normalized spacial score (nSPS) is 11.1. The van der Waals surface area contributed by atoms with Crippen molar-refractivity contribution in [2.24, 2.45) is 11.1 Å². The van der Waals surface area contributed by atoms with Crippen molar-refractivity contribution in [1.82, 2.24) is 5.32 Å². The zero-order valence-electron chi connectivity index (χ0n) is 15.6. The van der Waals surface area contributed by atoms with Gasteiger partial charge in [0.1, 0.15) is 5.75 Å². The molecule has 0 aliphatic heterocycles. The molecule has 0 saturated carbocycles. The molecule has 4 N–H and O–H groups in total. The molecule has 0 spiro atoms. The third-order valence-corrected chi connectivity index (χ3v) is 4.86. The Bertz CT molecular complexity index is 942. The molecule has 1 amide bonds. The molecule has 0 unspecified atom stereocenters. The van der Waals surface area contributed by atoms with Crippen molar-refractivity contribution in [1.29, 1.82) is 0 Å². The van der Waals surface area contributed by atoms with Crippen LogP contribution < -0.4 is 20.5 Å². The number of hydrogen-bond donors (Lipinski definition) is 3. The van der Waals surface area contributed by atoms with Crippen LogP contribution in [0.5, 0.6) is 5.75 Å². The Morgan fingerprint density at radius 2 is 1.86 bits per heavy atom. The van der Waals surface area contributed by atoms with Crippen LogP contribution in [0.4, 0.5) is 5.69 Å². The highest BCUT2D eigenvalue weighted by Gasteiger charge is 2.11. The van der Waals surface area contributed by atoms with E-state index >= 15 is 0 Å². The van der Waals surface area contributed by atoms with Crippen LogP contribution in [0.2, 0.25) is 0 Å². The summed E-state index contributed by atoms with van der Waals surface area (Å²) < 4.78 is 28.2. The first kappa shape index (κ1) is 21.8. The molecule has 2 rings (SSSR count).